The predicted octanol–water partition coefficient (Wildman–Crippen LogP) is 3.63. The molecule has 0 saturated carbocycles. The Morgan fingerprint density at radius 1 is 1.26 bits per heavy atom. The van der Waals surface area contributed by atoms with E-state index in [1.54, 1.807) is 23.5 Å². The molecule has 120 valence electrons. The van der Waals surface area contributed by atoms with Crippen LogP contribution < -0.4 is 5.32 Å². The molecule has 0 aliphatic carbocycles. The average molecular weight is 332 g/mol. The normalized spacial score (nSPS) is 11.1. The monoisotopic (exact) mass is 332 g/mol. The highest BCUT2D eigenvalue weighted by atomic mass is 32.1. The number of hydrogen-bond donors (Lipinski definition) is 2. The van der Waals surface area contributed by atoms with Crippen LogP contribution in [0.25, 0.3) is 10.8 Å². The molecule has 0 aliphatic rings. The lowest BCUT2D eigenvalue weighted by molar-refractivity contribution is 0.275. The van der Waals surface area contributed by atoms with Crippen molar-refractivity contribution < 1.29 is 13.9 Å². The number of rotatable bonds is 6. The van der Waals surface area contributed by atoms with Crippen molar-refractivity contribution in [1.29, 1.82) is 0 Å². The molecule has 0 fully saturated rings. The maximum Gasteiger partial charge on any atom is 0.162 e. The molecule has 3 rings (SSSR count). The third-order valence-corrected chi connectivity index (χ3v) is 4.43. The SMILES string of the molecule is Cc1ccc(-c2ncc(CNCc3ccc(F)c(CO)c3)s2)o1. The number of furan rings is 1. The number of hydrogen-bond acceptors (Lipinski definition) is 5. The van der Waals surface area contributed by atoms with E-state index in [2.05, 4.69) is 10.3 Å². The number of benzene rings is 1. The van der Waals surface area contributed by atoms with Crippen LogP contribution in [0.1, 0.15) is 21.8 Å². The van der Waals surface area contributed by atoms with E-state index in [9.17, 15) is 4.39 Å². The van der Waals surface area contributed by atoms with Gasteiger partial charge in [0.2, 0.25) is 0 Å². The van der Waals surface area contributed by atoms with E-state index in [1.165, 1.54) is 6.07 Å². The van der Waals surface area contributed by atoms with Gasteiger partial charge in [0.05, 0.1) is 6.61 Å². The predicted molar refractivity (Wildman–Crippen MR) is 87.4 cm³/mol. The second-order valence-electron chi connectivity index (χ2n) is 5.23. The highest BCUT2D eigenvalue weighted by Crippen LogP contribution is 2.26. The summed E-state index contributed by atoms with van der Waals surface area (Å²) in [6, 6.07) is 8.60. The van der Waals surface area contributed by atoms with Gasteiger partial charge in [0.15, 0.2) is 10.8 Å². The summed E-state index contributed by atoms with van der Waals surface area (Å²) in [5.41, 5.74) is 1.25. The Morgan fingerprint density at radius 3 is 2.87 bits per heavy atom. The Kier molecular flexibility index (Phi) is 4.85. The standard InChI is InChI=1S/C17H17FN2O2S/c1-11-2-5-16(22-11)17-20-9-14(23-17)8-19-7-12-3-4-15(18)13(6-12)10-21/h2-6,9,19,21H,7-8,10H2,1H3. The molecule has 4 nitrogen and oxygen atoms in total. The molecule has 3 aromatic rings. The number of aromatic nitrogens is 1. The molecule has 0 radical (unpaired) electrons. The number of aryl methyl sites for hydroxylation is 1. The van der Waals surface area contributed by atoms with E-state index in [4.69, 9.17) is 9.52 Å². The quantitative estimate of drug-likeness (QED) is 0.724. The van der Waals surface area contributed by atoms with Gasteiger partial charge in [0, 0.05) is 29.7 Å². The van der Waals surface area contributed by atoms with E-state index >= 15 is 0 Å². The summed E-state index contributed by atoms with van der Waals surface area (Å²) >= 11 is 1.58. The summed E-state index contributed by atoms with van der Waals surface area (Å²) in [6.45, 7) is 2.88. The molecule has 6 heteroatoms. The van der Waals surface area contributed by atoms with E-state index in [0.717, 1.165) is 27.0 Å². The van der Waals surface area contributed by atoms with E-state index < -0.39 is 0 Å². The van der Waals surface area contributed by atoms with Crippen molar-refractivity contribution in [2.75, 3.05) is 0 Å². The summed E-state index contributed by atoms with van der Waals surface area (Å²) in [6.07, 6.45) is 1.83. The van der Waals surface area contributed by atoms with Crippen molar-refractivity contribution in [2.24, 2.45) is 0 Å². The molecule has 2 N–H and O–H groups in total. The highest BCUT2D eigenvalue weighted by molar-refractivity contribution is 7.14. The van der Waals surface area contributed by atoms with Crippen LogP contribution in [0.3, 0.4) is 0 Å². The molecule has 0 spiro atoms. The molecular formula is C17H17FN2O2S. The Bertz CT molecular complexity index is 797. The second kappa shape index (κ2) is 7.04. The fourth-order valence-electron chi connectivity index (χ4n) is 2.24. The molecule has 2 aromatic heterocycles. The first kappa shape index (κ1) is 15.9. The zero-order chi connectivity index (χ0) is 16.2. The third kappa shape index (κ3) is 3.85. The maximum atomic E-state index is 13.3. The molecular weight excluding hydrogens is 315 g/mol. The fraction of sp³-hybridized carbons (Fsp3) is 0.235. The first-order valence-corrected chi connectivity index (χ1v) is 8.08. The third-order valence-electron chi connectivity index (χ3n) is 3.41. The molecule has 0 saturated heterocycles. The largest absolute Gasteiger partial charge is 0.459 e. The minimum atomic E-state index is -0.378. The van der Waals surface area contributed by atoms with Crippen molar-refractivity contribution in [1.82, 2.24) is 10.3 Å². The van der Waals surface area contributed by atoms with E-state index in [1.807, 2.05) is 25.3 Å². The Morgan fingerprint density at radius 2 is 2.13 bits per heavy atom. The van der Waals surface area contributed by atoms with Gasteiger partial charge in [-0.1, -0.05) is 6.07 Å². The topological polar surface area (TPSA) is 58.3 Å². The van der Waals surface area contributed by atoms with Crippen LogP contribution in [0.2, 0.25) is 0 Å². The lowest BCUT2D eigenvalue weighted by Crippen LogP contribution is -2.12. The molecule has 0 unspecified atom stereocenters. The molecule has 2 heterocycles. The zero-order valence-electron chi connectivity index (χ0n) is 12.7. The first-order valence-electron chi connectivity index (χ1n) is 7.26. The first-order chi connectivity index (χ1) is 11.2. The van der Waals surface area contributed by atoms with Crippen molar-refractivity contribution in [3.05, 3.63) is 64.1 Å². The van der Waals surface area contributed by atoms with Gasteiger partial charge in [-0.05, 0) is 36.8 Å². The van der Waals surface area contributed by atoms with Gasteiger partial charge in [0.1, 0.15) is 11.6 Å². The number of thiazole rings is 1. The van der Waals surface area contributed by atoms with Crippen molar-refractivity contribution in [3.8, 4) is 10.8 Å². The number of nitrogens with one attached hydrogen (secondary N) is 1. The van der Waals surface area contributed by atoms with Crippen LogP contribution in [0.15, 0.2) is 40.9 Å². The van der Waals surface area contributed by atoms with Crippen LogP contribution >= 0.6 is 11.3 Å². The summed E-state index contributed by atoms with van der Waals surface area (Å²) < 4.78 is 18.9. The van der Waals surface area contributed by atoms with Crippen LogP contribution in [0, 0.1) is 12.7 Å². The second-order valence-corrected chi connectivity index (χ2v) is 6.34. The van der Waals surface area contributed by atoms with Crippen LogP contribution in [-0.2, 0) is 19.7 Å². The Balaban J connectivity index is 1.58. The highest BCUT2D eigenvalue weighted by Gasteiger charge is 2.08. The Labute approximate surface area is 137 Å². The summed E-state index contributed by atoms with van der Waals surface area (Å²) in [5, 5.41) is 13.2. The molecule has 23 heavy (non-hydrogen) atoms. The van der Waals surface area contributed by atoms with Crippen molar-refractivity contribution in [3.63, 3.8) is 0 Å². The average Bonchev–Trinajstić information content (AvgIpc) is 3.18. The van der Waals surface area contributed by atoms with Crippen LogP contribution in [0.5, 0.6) is 0 Å². The van der Waals surface area contributed by atoms with Gasteiger partial charge < -0.3 is 14.8 Å². The Hall–Kier alpha value is -2.02. The van der Waals surface area contributed by atoms with Crippen LogP contribution in [0.4, 0.5) is 4.39 Å². The zero-order valence-corrected chi connectivity index (χ0v) is 13.5. The number of aliphatic hydroxyl groups excluding tert-OH is 1. The van der Waals surface area contributed by atoms with Gasteiger partial charge in [-0.2, -0.15) is 0 Å². The number of halogens is 1. The van der Waals surface area contributed by atoms with Gasteiger partial charge in [0.25, 0.3) is 0 Å². The summed E-state index contributed by atoms with van der Waals surface area (Å²) in [7, 11) is 0. The van der Waals surface area contributed by atoms with E-state index in [-0.39, 0.29) is 12.4 Å². The summed E-state index contributed by atoms with van der Waals surface area (Å²) in [4.78, 5) is 5.46. The number of nitrogens with zero attached hydrogens (tertiary/aromatic N) is 1. The molecule has 0 amide bonds. The summed E-state index contributed by atoms with van der Waals surface area (Å²) in [5.74, 6) is 1.27. The molecule has 0 atom stereocenters. The van der Waals surface area contributed by atoms with Crippen LogP contribution in [-0.4, -0.2) is 10.1 Å². The van der Waals surface area contributed by atoms with Gasteiger partial charge in [-0.15, -0.1) is 11.3 Å². The molecule has 1 aromatic carbocycles. The van der Waals surface area contributed by atoms with Gasteiger partial charge in [-0.25, -0.2) is 9.37 Å². The minimum absolute atomic E-state index is 0.291. The maximum absolute atomic E-state index is 13.3. The fourth-order valence-corrected chi connectivity index (χ4v) is 3.09. The minimum Gasteiger partial charge on any atom is -0.459 e. The molecule has 0 aliphatic heterocycles. The lowest BCUT2D eigenvalue weighted by atomic mass is 10.1. The van der Waals surface area contributed by atoms with Gasteiger partial charge in [-0.3, -0.25) is 0 Å². The number of aliphatic hydroxyl groups is 1. The smallest absolute Gasteiger partial charge is 0.162 e. The lowest BCUT2D eigenvalue weighted by Gasteiger charge is -2.06. The molecule has 0 bridgehead atoms. The van der Waals surface area contributed by atoms with Gasteiger partial charge >= 0.3 is 0 Å². The van der Waals surface area contributed by atoms with Crippen molar-refractivity contribution >= 4 is 11.3 Å². The van der Waals surface area contributed by atoms with Crippen molar-refractivity contribution in [2.45, 2.75) is 26.6 Å². The van der Waals surface area contributed by atoms with E-state index in [0.29, 0.717) is 18.7 Å².